The van der Waals surface area contributed by atoms with Crippen molar-refractivity contribution in [2.45, 2.75) is 31.8 Å². The first-order chi connectivity index (χ1) is 9.72. The van der Waals surface area contributed by atoms with Crippen LogP contribution >= 0.6 is 22.9 Å². The number of hydrogen-bond acceptors (Lipinski definition) is 4. The molecule has 0 spiro atoms. The number of anilines is 1. The van der Waals surface area contributed by atoms with Gasteiger partial charge in [0, 0.05) is 25.2 Å². The largest absolute Gasteiger partial charge is 0.378 e. The van der Waals surface area contributed by atoms with Crippen molar-refractivity contribution >= 4 is 38.3 Å². The molecular formula is C15H19ClN2OS. The molecule has 0 amide bonds. The van der Waals surface area contributed by atoms with Gasteiger partial charge in [-0.25, -0.2) is 4.98 Å². The van der Waals surface area contributed by atoms with Gasteiger partial charge in [-0.15, -0.1) is 0 Å². The zero-order chi connectivity index (χ0) is 13.9. The predicted octanol–water partition coefficient (Wildman–Crippen LogP) is 4.35. The smallest absolute Gasteiger partial charge is 0.186 e. The Labute approximate surface area is 128 Å². The van der Waals surface area contributed by atoms with Gasteiger partial charge in [-0.05, 0) is 43.9 Å². The van der Waals surface area contributed by atoms with Gasteiger partial charge in [0.05, 0.1) is 16.3 Å². The molecule has 5 heteroatoms. The average molecular weight is 311 g/mol. The lowest BCUT2D eigenvalue weighted by atomic mass is 10.1. The third-order valence-electron chi connectivity index (χ3n) is 3.73. The van der Waals surface area contributed by atoms with E-state index in [1.54, 1.807) is 11.3 Å². The molecule has 1 aliphatic heterocycles. The maximum Gasteiger partial charge on any atom is 0.186 e. The summed E-state index contributed by atoms with van der Waals surface area (Å²) in [5.74, 6) is 0. The van der Waals surface area contributed by atoms with Gasteiger partial charge in [-0.1, -0.05) is 22.9 Å². The molecule has 1 aromatic carbocycles. The highest BCUT2D eigenvalue weighted by molar-refractivity contribution is 7.22. The van der Waals surface area contributed by atoms with Crippen LogP contribution in [0.15, 0.2) is 18.2 Å². The van der Waals surface area contributed by atoms with E-state index in [4.69, 9.17) is 16.3 Å². The van der Waals surface area contributed by atoms with Crippen LogP contribution in [0.5, 0.6) is 0 Å². The van der Waals surface area contributed by atoms with Crippen molar-refractivity contribution in [1.29, 1.82) is 0 Å². The molecule has 0 bridgehead atoms. The Morgan fingerprint density at radius 3 is 3.15 bits per heavy atom. The molecule has 0 saturated carbocycles. The van der Waals surface area contributed by atoms with Crippen LogP contribution in [0.1, 0.15) is 25.7 Å². The topological polar surface area (TPSA) is 25.4 Å². The molecule has 2 heterocycles. The minimum absolute atomic E-state index is 0.426. The zero-order valence-corrected chi connectivity index (χ0v) is 13.2. The molecule has 1 aromatic heterocycles. The Kier molecular flexibility index (Phi) is 4.44. The van der Waals surface area contributed by atoms with Gasteiger partial charge < -0.3 is 9.64 Å². The van der Waals surface area contributed by atoms with Crippen LogP contribution in [-0.2, 0) is 4.74 Å². The molecule has 1 fully saturated rings. The van der Waals surface area contributed by atoms with E-state index in [0.717, 1.165) is 39.9 Å². The van der Waals surface area contributed by atoms with E-state index in [9.17, 15) is 0 Å². The van der Waals surface area contributed by atoms with Crippen molar-refractivity contribution in [2.24, 2.45) is 0 Å². The van der Waals surface area contributed by atoms with Crippen LogP contribution in [0.4, 0.5) is 5.13 Å². The summed E-state index contributed by atoms with van der Waals surface area (Å²) in [4.78, 5) is 6.88. The van der Waals surface area contributed by atoms with Crippen molar-refractivity contribution in [3.05, 3.63) is 23.2 Å². The Morgan fingerprint density at radius 2 is 2.35 bits per heavy atom. The van der Waals surface area contributed by atoms with E-state index >= 15 is 0 Å². The summed E-state index contributed by atoms with van der Waals surface area (Å²) in [7, 11) is 2.10. The summed E-state index contributed by atoms with van der Waals surface area (Å²) >= 11 is 7.71. The lowest BCUT2D eigenvalue weighted by molar-refractivity contribution is 0.0127. The second-order valence-corrected chi connectivity index (χ2v) is 6.75. The van der Waals surface area contributed by atoms with Crippen molar-refractivity contribution in [3.63, 3.8) is 0 Å². The number of fused-ring (bicyclic) bond motifs is 1. The normalized spacial score (nSPS) is 19.4. The number of ether oxygens (including phenoxy) is 1. The van der Waals surface area contributed by atoms with Crippen LogP contribution in [-0.4, -0.2) is 31.3 Å². The van der Waals surface area contributed by atoms with Gasteiger partial charge in [0.25, 0.3) is 0 Å². The number of hydrogen-bond donors (Lipinski definition) is 0. The summed E-state index contributed by atoms with van der Waals surface area (Å²) in [6.07, 6.45) is 5.21. The number of benzene rings is 1. The summed E-state index contributed by atoms with van der Waals surface area (Å²) in [6, 6.07) is 5.86. The quantitative estimate of drug-likeness (QED) is 0.839. The van der Waals surface area contributed by atoms with Crippen LogP contribution < -0.4 is 4.90 Å². The van der Waals surface area contributed by atoms with Gasteiger partial charge >= 0.3 is 0 Å². The van der Waals surface area contributed by atoms with Gasteiger partial charge in [0.2, 0.25) is 0 Å². The molecule has 20 heavy (non-hydrogen) atoms. The molecule has 108 valence electrons. The third-order valence-corrected chi connectivity index (χ3v) is 5.09. The van der Waals surface area contributed by atoms with E-state index in [0.29, 0.717) is 6.10 Å². The fourth-order valence-corrected chi connectivity index (χ4v) is 3.75. The van der Waals surface area contributed by atoms with Gasteiger partial charge in [-0.3, -0.25) is 0 Å². The highest BCUT2D eigenvalue weighted by Gasteiger charge is 2.15. The summed E-state index contributed by atoms with van der Waals surface area (Å²) in [5.41, 5.74) is 1.02. The number of aromatic nitrogens is 1. The van der Waals surface area contributed by atoms with E-state index < -0.39 is 0 Å². The molecule has 1 aliphatic rings. The lowest BCUT2D eigenvalue weighted by Crippen LogP contribution is -2.26. The number of halogens is 1. The van der Waals surface area contributed by atoms with Gasteiger partial charge in [0.15, 0.2) is 5.13 Å². The molecule has 1 saturated heterocycles. The molecule has 0 radical (unpaired) electrons. The highest BCUT2D eigenvalue weighted by Crippen LogP contribution is 2.30. The standard InChI is InChI=1S/C15H19ClN2OS/c1-18(8-7-12-4-2-3-9-19-12)15-17-13-6-5-11(16)10-14(13)20-15/h5-6,10,12H,2-4,7-9H2,1H3. The molecule has 2 aromatic rings. The molecule has 0 N–H and O–H groups in total. The fraction of sp³-hybridized carbons (Fsp3) is 0.533. The first kappa shape index (κ1) is 14.1. The van der Waals surface area contributed by atoms with Crippen LogP contribution in [0, 0.1) is 0 Å². The summed E-state index contributed by atoms with van der Waals surface area (Å²) in [6.45, 7) is 1.91. The number of thiazole rings is 1. The van der Waals surface area contributed by atoms with Crippen molar-refractivity contribution < 1.29 is 4.74 Å². The van der Waals surface area contributed by atoms with Crippen molar-refractivity contribution in [1.82, 2.24) is 4.98 Å². The van der Waals surface area contributed by atoms with Crippen LogP contribution in [0.3, 0.4) is 0 Å². The Balaban J connectivity index is 1.64. The van der Waals surface area contributed by atoms with E-state index in [2.05, 4.69) is 16.9 Å². The molecule has 3 nitrogen and oxygen atoms in total. The first-order valence-electron chi connectivity index (χ1n) is 7.11. The maximum absolute atomic E-state index is 6.02. The fourth-order valence-electron chi connectivity index (χ4n) is 2.52. The molecule has 1 unspecified atom stereocenters. The molecule has 1 atom stereocenters. The Hall–Kier alpha value is -0.840. The second kappa shape index (κ2) is 6.29. The predicted molar refractivity (Wildman–Crippen MR) is 86.1 cm³/mol. The first-order valence-corrected chi connectivity index (χ1v) is 8.30. The average Bonchev–Trinajstić information content (AvgIpc) is 2.89. The summed E-state index contributed by atoms with van der Waals surface area (Å²) < 4.78 is 6.92. The maximum atomic E-state index is 6.02. The minimum atomic E-state index is 0.426. The van der Waals surface area contributed by atoms with Crippen LogP contribution in [0.25, 0.3) is 10.2 Å². The van der Waals surface area contributed by atoms with E-state index in [1.165, 1.54) is 19.3 Å². The van der Waals surface area contributed by atoms with Gasteiger partial charge in [0.1, 0.15) is 0 Å². The lowest BCUT2D eigenvalue weighted by Gasteiger charge is -2.25. The van der Waals surface area contributed by atoms with E-state index in [1.807, 2.05) is 18.2 Å². The minimum Gasteiger partial charge on any atom is -0.378 e. The molecule has 3 rings (SSSR count). The Morgan fingerprint density at radius 1 is 1.45 bits per heavy atom. The zero-order valence-electron chi connectivity index (χ0n) is 11.6. The monoisotopic (exact) mass is 310 g/mol. The molecular weight excluding hydrogens is 292 g/mol. The number of nitrogens with zero attached hydrogens (tertiary/aromatic N) is 2. The third kappa shape index (κ3) is 3.25. The number of rotatable bonds is 4. The van der Waals surface area contributed by atoms with Crippen LogP contribution in [0.2, 0.25) is 5.02 Å². The highest BCUT2D eigenvalue weighted by atomic mass is 35.5. The van der Waals surface area contributed by atoms with Gasteiger partial charge in [-0.2, -0.15) is 0 Å². The summed E-state index contributed by atoms with van der Waals surface area (Å²) in [5, 5.41) is 1.82. The van der Waals surface area contributed by atoms with Crippen molar-refractivity contribution in [2.75, 3.05) is 25.1 Å². The van der Waals surface area contributed by atoms with E-state index in [-0.39, 0.29) is 0 Å². The second-order valence-electron chi connectivity index (χ2n) is 5.31. The SMILES string of the molecule is CN(CCC1CCCCO1)c1nc2ccc(Cl)cc2s1. The van der Waals surface area contributed by atoms with Crippen molar-refractivity contribution in [3.8, 4) is 0 Å². The molecule has 0 aliphatic carbocycles. The Bertz CT molecular complexity index is 580.